The van der Waals surface area contributed by atoms with Gasteiger partial charge in [-0.05, 0) is 25.1 Å². The van der Waals surface area contributed by atoms with Crippen molar-refractivity contribution < 1.29 is 4.79 Å². The first kappa shape index (κ1) is 11.8. The first-order chi connectivity index (χ1) is 8.60. The van der Waals surface area contributed by atoms with Crippen molar-refractivity contribution >= 4 is 11.7 Å². The van der Waals surface area contributed by atoms with Crippen molar-refractivity contribution in [2.24, 2.45) is 7.05 Å². The monoisotopic (exact) mass is 241 g/mol. The zero-order valence-corrected chi connectivity index (χ0v) is 10.0. The Morgan fingerprint density at radius 3 is 2.78 bits per heavy atom. The van der Waals surface area contributed by atoms with Gasteiger partial charge >= 0.3 is 0 Å². The van der Waals surface area contributed by atoms with E-state index in [1.54, 1.807) is 25.2 Å². The van der Waals surface area contributed by atoms with Gasteiger partial charge in [0.25, 0.3) is 5.91 Å². The molecular weight excluding hydrogens is 230 g/mol. The van der Waals surface area contributed by atoms with Crippen LogP contribution in [-0.4, -0.2) is 20.7 Å². The molecule has 0 bridgehead atoms. The van der Waals surface area contributed by atoms with Gasteiger partial charge in [-0.25, -0.2) is 4.98 Å². The highest BCUT2D eigenvalue weighted by Gasteiger charge is 2.12. The summed E-state index contributed by atoms with van der Waals surface area (Å²) < 4.78 is 1.51. The third kappa shape index (κ3) is 2.35. The number of amides is 1. The molecule has 1 N–H and O–H groups in total. The first-order valence-corrected chi connectivity index (χ1v) is 5.28. The standard InChI is InChI=1S/C12H11N5O/c1-8-5-10(17(2)16-8)12(18)15-11-4-3-9(6-13)7-14-11/h3-5,7H,1-2H3,(H,14,15,18). The van der Waals surface area contributed by atoms with Crippen LogP contribution in [0.1, 0.15) is 21.7 Å². The Morgan fingerprint density at radius 2 is 2.28 bits per heavy atom. The molecule has 0 atom stereocenters. The predicted octanol–water partition coefficient (Wildman–Crippen LogP) is 1.25. The number of anilines is 1. The molecule has 0 aromatic carbocycles. The molecule has 2 rings (SSSR count). The highest BCUT2D eigenvalue weighted by atomic mass is 16.2. The summed E-state index contributed by atoms with van der Waals surface area (Å²) in [5, 5.41) is 15.4. The molecule has 90 valence electrons. The molecule has 0 unspecified atom stereocenters. The molecule has 2 aromatic heterocycles. The van der Waals surface area contributed by atoms with Gasteiger partial charge in [0.05, 0.1) is 11.3 Å². The molecule has 0 saturated heterocycles. The molecule has 0 aliphatic carbocycles. The average molecular weight is 241 g/mol. The van der Waals surface area contributed by atoms with E-state index in [4.69, 9.17) is 5.26 Å². The van der Waals surface area contributed by atoms with E-state index < -0.39 is 0 Å². The molecule has 18 heavy (non-hydrogen) atoms. The second-order valence-corrected chi connectivity index (χ2v) is 3.79. The Hall–Kier alpha value is -2.68. The van der Waals surface area contributed by atoms with Crippen LogP contribution >= 0.6 is 0 Å². The fraction of sp³-hybridized carbons (Fsp3) is 0.167. The van der Waals surface area contributed by atoms with E-state index in [9.17, 15) is 4.79 Å². The van der Waals surface area contributed by atoms with E-state index in [-0.39, 0.29) is 5.91 Å². The van der Waals surface area contributed by atoms with Gasteiger partial charge in [0.1, 0.15) is 17.6 Å². The van der Waals surface area contributed by atoms with Crippen LogP contribution in [0.25, 0.3) is 0 Å². The number of aromatic nitrogens is 3. The fourth-order valence-corrected chi connectivity index (χ4v) is 1.54. The number of carbonyl (C=O) groups excluding carboxylic acids is 1. The van der Waals surface area contributed by atoms with Crippen LogP contribution in [0.5, 0.6) is 0 Å². The maximum Gasteiger partial charge on any atom is 0.275 e. The number of nitrogens with zero attached hydrogens (tertiary/aromatic N) is 4. The van der Waals surface area contributed by atoms with Crippen LogP contribution in [-0.2, 0) is 7.05 Å². The van der Waals surface area contributed by atoms with E-state index in [0.29, 0.717) is 17.1 Å². The van der Waals surface area contributed by atoms with Crippen LogP contribution in [0.15, 0.2) is 24.4 Å². The fourth-order valence-electron chi connectivity index (χ4n) is 1.54. The van der Waals surface area contributed by atoms with Crippen molar-refractivity contribution in [2.75, 3.05) is 5.32 Å². The lowest BCUT2D eigenvalue weighted by Gasteiger charge is -2.03. The van der Waals surface area contributed by atoms with Gasteiger partial charge < -0.3 is 5.32 Å². The van der Waals surface area contributed by atoms with Crippen LogP contribution < -0.4 is 5.32 Å². The third-order valence-electron chi connectivity index (χ3n) is 2.37. The van der Waals surface area contributed by atoms with E-state index in [0.717, 1.165) is 5.69 Å². The summed E-state index contributed by atoms with van der Waals surface area (Å²) in [4.78, 5) is 15.9. The van der Waals surface area contributed by atoms with Crippen molar-refractivity contribution in [3.8, 4) is 6.07 Å². The van der Waals surface area contributed by atoms with Crippen molar-refractivity contribution in [3.63, 3.8) is 0 Å². The van der Waals surface area contributed by atoms with Gasteiger partial charge in [0.2, 0.25) is 0 Å². The number of pyridine rings is 1. The highest BCUT2D eigenvalue weighted by molar-refractivity contribution is 6.02. The summed E-state index contributed by atoms with van der Waals surface area (Å²) in [5.41, 5.74) is 1.68. The number of nitriles is 1. The molecule has 0 aliphatic rings. The molecule has 0 saturated carbocycles. The average Bonchev–Trinajstić information content (AvgIpc) is 2.69. The minimum Gasteiger partial charge on any atom is -0.305 e. The van der Waals surface area contributed by atoms with Crippen molar-refractivity contribution in [2.45, 2.75) is 6.92 Å². The van der Waals surface area contributed by atoms with E-state index in [1.807, 2.05) is 13.0 Å². The summed E-state index contributed by atoms with van der Waals surface area (Å²) in [6.45, 7) is 1.82. The lowest BCUT2D eigenvalue weighted by Crippen LogP contribution is -2.16. The number of hydrogen-bond acceptors (Lipinski definition) is 4. The second kappa shape index (κ2) is 4.67. The summed E-state index contributed by atoms with van der Waals surface area (Å²) in [5.74, 6) is 0.119. The molecule has 0 fully saturated rings. The molecule has 6 nitrogen and oxygen atoms in total. The maximum atomic E-state index is 11.9. The summed E-state index contributed by atoms with van der Waals surface area (Å²) >= 11 is 0. The van der Waals surface area contributed by atoms with Crippen LogP contribution in [0.2, 0.25) is 0 Å². The normalized spacial score (nSPS) is 9.83. The minimum absolute atomic E-state index is 0.282. The smallest absolute Gasteiger partial charge is 0.275 e. The lowest BCUT2D eigenvalue weighted by molar-refractivity contribution is 0.101. The molecule has 1 amide bonds. The molecule has 6 heteroatoms. The van der Waals surface area contributed by atoms with Crippen LogP contribution in [0.4, 0.5) is 5.82 Å². The number of carbonyl (C=O) groups is 1. The zero-order chi connectivity index (χ0) is 13.1. The first-order valence-electron chi connectivity index (χ1n) is 5.28. The maximum absolute atomic E-state index is 11.9. The molecule has 2 aromatic rings. The Bertz CT molecular complexity index is 621. The summed E-state index contributed by atoms with van der Waals surface area (Å²) in [6.07, 6.45) is 1.41. The molecule has 2 heterocycles. The largest absolute Gasteiger partial charge is 0.305 e. The molecular formula is C12H11N5O. The molecule has 0 aliphatic heterocycles. The second-order valence-electron chi connectivity index (χ2n) is 3.79. The predicted molar refractivity (Wildman–Crippen MR) is 64.9 cm³/mol. The van der Waals surface area contributed by atoms with Gasteiger partial charge in [-0.15, -0.1) is 0 Å². The number of aryl methyl sites for hydroxylation is 2. The Kier molecular flexibility index (Phi) is 3.06. The summed E-state index contributed by atoms with van der Waals surface area (Å²) in [6, 6.07) is 6.83. The van der Waals surface area contributed by atoms with Crippen LogP contribution in [0, 0.1) is 18.3 Å². The molecule has 0 radical (unpaired) electrons. The number of hydrogen-bond donors (Lipinski definition) is 1. The number of rotatable bonds is 2. The van der Waals surface area contributed by atoms with Crippen molar-refractivity contribution in [1.29, 1.82) is 5.26 Å². The van der Waals surface area contributed by atoms with E-state index >= 15 is 0 Å². The lowest BCUT2D eigenvalue weighted by atomic mass is 10.3. The molecule has 0 spiro atoms. The minimum atomic E-state index is -0.282. The SMILES string of the molecule is Cc1cc(C(=O)Nc2ccc(C#N)cn2)n(C)n1. The Labute approximate surface area is 104 Å². The van der Waals surface area contributed by atoms with Gasteiger partial charge in [0.15, 0.2) is 0 Å². The topological polar surface area (TPSA) is 83.6 Å². The van der Waals surface area contributed by atoms with Crippen molar-refractivity contribution in [1.82, 2.24) is 14.8 Å². The van der Waals surface area contributed by atoms with Gasteiger partial charge in [-0.3, -0.25) is 9.48 Å². The van der Waals surface area contributed by atoms with Crippen molar-refractivity contribution in [3.05, 3.63) is 41.3 Å². The quantitative estimate of drug-likeness (QED) is 0.857. The van der Waals surface area contributed by atoms with E-state index in [1.165, 1.54) is 10.9 Å². The van der Waals surface area contributed by atoms with Gasteiger partial charge in [-0.1, -0.05) is 0 Å². The third-order valence-corrected chi connectivity index (χ3v) is 2.37. The van der Waals surface area contributed by atoms with E-state index in [2.05, 4.69) is 15.4 Å². The van der Waals surface area contributed by atoms with Crippen LogP contribution in [0.3, 0.4) is 0 Å². The Balaban J connectivity index is 2.16. The summed E-state index contributed by atoms with van der Waals surface area (Å²) in [7, 11) is 1.70. The number of nitrogens with one attached hydrogen (secondary N) is 1. The highest BCUT2D eigenvalue weighted by Crippen LogP contribution is 2.08. The zero-order valence-electron chi connectivity index (χ0n) is 10.0. The Morgan fingerprint density at radius 1 is 1.50 bits per heavy atom. The van der Waals surface area contributed by atoms with Gasteiger partial charge in [-0.2, -0.15) is 10.4 Å². The van der Waals surface area contributed by atoms with Gasteiger partial charge in [0, 0.05) is 13.2 Å².